The first-order chi connectivity index (χ1) is 24.0. The molecule has 3 saturated carbocycles. The second-order valence-corrected chi connectivity index (χ2v) is 18.4. The molecule has 4 aliphatic carbocycles. The molecule has 0 unspecified atom stereocenters. The predicted molar refractivity (Wildman–Crippen MR) is 208 cm³/mol. The minimum Gasteiger partial charge on any atom is -0.455 e. The average molecular weight is 693 g/mol. The van der Waals surface area contributed by atoms with Gasteiger partial charge in [0.15, 0.2) is 6.10 Å². The summed E-state index contributed by atoms with van der Waals surface area (Å²) in [5.74, 6) is 2.71. The molecule has 1 spiro atoms. The first-order valence-corrected chi connectivity index (χ1v) is 21.6. The van der Waals surface area contributed by atoms with Crippen LogP contribution in [0.1, 0.15) is 183 Å². The van der Waals surface area contributed by atoms with E-state index in [0.29, 0.717) is 42.4 Å². The predicted octanol–water partition coefficient (Wildman–Crippen LogP) is 12.2. The molecule has 4 heteroatoms. The van der Waals surface area contributed by atoms with Crippen molar-refractivity contribution in [2.24, 2.45) is 40.4 Å². The molecule has 0 amide bonds. The number of epoxide rings is 1. The lowest BCUT2D eigenvalue weighted by Crippen LogP contribution is -2.58. The number of allylic oxidation sites excluding steroid dienone is 5. The van der Waals surface area contributed by atoms with Crippen LogP contribution in [-0.2, 0) is 14.3 Å². The first kappa shape index (κ1) is 39.8. The third-order valence-corrected chi connectivity index (χ3v) is 14.8. The first-order valence-electron chi connectivity index (χ1n) is 21.6. The fourth-order valence-electron chi connectivity index (χ4n) is 11.1. The molecule has 10 atom stereocenters. The number of aliphatic hydroxyl groups is 1. The van der Waals surface area contributed by atoms with E-state index < -0.39 is 0 Å². The van der Waals surface area contributed by atoms with E-state index in [2.05, 4.69) is 72.8 Å². The van der Waals surface area contributed by atoms with Gasteiger partial charge in [0.1, 0.15) is 11.7 Å². The van der Waals surface area contributed by atoms with Crippen molar-refractivity contribution in [3.63, 3.8) is 0 Å². The maximum absolute atomic E-state index is 13.6. The second kappa shape index (κ2) is 17.6. The van der Waals surface area contributed by atoms with Gasteiger partial charge in [-0.2, -0.15) is 0 Å². The Morgan fingerprint density at radius 1 is 0.880 bits per heavy atom. The van der Waals surface area contributed by atoms with Gasteiger partial charge in [-0.15, -0.1) is 0 Å². The molecule has 4 fully saturated rings. The lowest BCUT2D eigenvalue weighted by atomic mass is 9.48. The van der Waals surface area contributed by atoms with E-state index in [1.54, 1.807) is 5.57 Å². The molecule has 1 saturated heterocycles. The van der Waals surface area contributed by atoms with Crippen LogP contribution in [0.15, 0.2) is 35.5 Å². The summed E-state index contributed by atoms with van der Waals surface area (Å²) in [4.78, 5) is 13.6. The fraction of sp³-hybridized carbons (Fsp3) is 0.848. The number of carbonyl (C=O) groups excluding carboxylic acids is 1. The Labute approximate surface area is 307 Å². The Hall–Kier alpha value is -1.39. The molecule has 5 aliphatic rings. The van der Waals surface area contributed by atoms with Gasteiger partial charge in [0.05, 0.1) is 6.10 Å². The van der Waals surface area contributed by atoms with Gasteiger partial charge in [-0.05, 0) is 111 Å². The summed E-state index contributed by atoms with van der Waals surface area (Å²) in [6.07, 6.45) is 33.0. The number of ether oxygens (including phenoxy) is 2. The molecule has 0 aromatic heterocycles. The van der Waals surface area contributed by atoms with Crippen LogP contribution in [0.4, 0.5) is 0 Å². The number of fused-ring (bicyclic) bond motifs is 3. The molecule has 1 aliphatic heterocycles. The highest BCUT2D eigenvalue weighted by Gasteiger charge is 2.78. The van der Waals surface area contributed by atoms with Crippen LogP contribution in [0.25, 0.3) is 0 Å². The molecule has 0 radical (unpaired) electrons. The lowest BCUT2D eigenvalue weighted by molar-refractivity contribution is -0.150. The van der Waals surface area contributed by atoms with Gasteiger partial charge in [0, 0.05) is 18.3 Å². The van der Waals surface area contributed by atoms with Gasteiger partial charge in [-0.1, -0.05) is 130 Å². The Morgan fingerprint density at radius 3 is 2.22 bits per heavy atom. The minimum absolute atomic E-state index is 0.00318. The highest BCUT2D eigenvalue weighted by molar-refractivity contribution is 5.70. The van der Waals surface area contributed by atoms with E-state index >= 15 is 0 Å². The molecular weight excluding hydrogens is 617 g/mol. The molecule has 0 aromatic carbocycles. The summed E-state index contributed by atoms with van der Waals surface area (Å²) in [5, 5.41) is 10.8. The molecule has 0 aromatic rings. The summed E-state index contributed by atoms with van der Waals surface area (Å²) < 4.78 is 13.3. The maximum Gasteiger partial charge on any atom is 0.306 e. The van der Waals surface area contributed by atoms with Crippen LogP contribution in [0.2, 0.25) is 0 Å². The topological polar surface area (TPSA) is 59.1 Å². The number of esters is 1. The minimum atomic E-state index is -0.345. The zero-order valence-corrected chi connectivity index (χ0v) is 33.4. The molecule has 0 bridgehead atoms. The van der Waals surface area contributed by atoms with Crippen molar-refractivity contribution in [3.8, 4) is 0 Å². The standard InChI is InChI=1S/C46H76O4/c1-8-9-10-11-12-13-14-15-16-17-18-19-20-21-22-23-40(48)49-42-41-38-27-26-37(35(5)25-24-34(4)33(2)3)44(38,6)30-29-39(41)45(7)31-28-36(47)32-46(45)43(42)50-46/h15-16,24-25,33-37,39,42-43,47H,8-14,17-23,26-32H2,1-7H3/b16-15-,25-24+/t34-,35+,36-,37+,39-,42-,43-,44+,45+,46-/m0/s1. The van der Waals surface area contributed by atoms with Gasteiger partial charge in [-0.3, -0.25) is 4.79 Å². The molecule has 5 rings (SSSR count). The van der Waals surface area contributed by atoms with Gasteiger partial charge >= 0.3 is 5.97 Å². The number of unbranched alkanes of at least 4 members (excludes halogenated alkanes) is 11. The van der Waals surface area contributed by atoms with Crippen molar-refractivity contribution in [3.05, 3.63) is 35.5 Å². The molecule has 50 heavy (non-hydrogen) atoms. The van der Waals surface area contributed by atoms with Crippen LogP contribution in [0, 0.1) is 40.4 Å². The maximum atomic E-state index is 13.6. The average Bonchev–Trinajstić information content (AvgIpc) is 3.70. The van der Waals surface area contributed by atoms with Crippen LogP contribution in [0.3, 0.4) is 0 Å². The summed E-state index contributed by atoms with van der Waals surface area (Å²) in [6.45, 7) is 16.7. The fourth-order valence-corrected chi connectivity index (χ4v) is 11.1. The Bertz CT molecular complexity index is 1200. The van der Waals surface area contributed by atoms with Gasteiger partial charge in [0.25, 0.3) is 0 Å². The van der Waals surface area contributed by atoms with Crippen molar-refractivity contribution in [2.45, 2.75) is 207 Å². The third kappa shape index (κ3) is 8.53. The second-order valence-electron chi connectivity index (χ2n) is 18.4. The van der Waals surface area contributed by atoms with Crippen LogP contribution < -0.4 is 0 Å². The van der Waals surface area contributed by atoms with E-state index in [1.165, 1.54) is 89.0 Å². The number of carbonyl (C=O) groups is 1. The quantitative estimate of drug-likeness (QED) is 0.0597. The molecule has 1 heterocycles. The van der Waals surface area contributed by atoms with Crippen molar-refractivity contribution in [1.29, 1.82) is 0 Å². The van der Waals surface area contributed by atoms with Crippen LogP contribution in [-0.4, -0.2) is 35.0 Å². The Kier molecular flexibility index (Phi) is 14.0. The number of rotatable bonds is 20. The normalized spacial score (nSPS) is 36.0. The number of hydrogen-bond acceptors (Lipinski definition) is 4. The van der Waals surface area contributed by atoms with Gasteiger partial charge < -0.3 is 14.6 Å². The van der Waals surface area contributed by atoms with Crippen molar-refractivity contribution < 1.29 is 19.4 Å². The number of aliphatic hydroxyl groups excluding tert-OH is 1. The largest absolute Gasteiger partial charge is 0.455 e. The van der Waals surface area contributed by atoms with Crippen molar-refractivity contribution >= 4 is 5.97 Å². The smallest absolute Gasteiger partial charge is 0.306 e. The lowest BCUT2D eigenvalue weighted by Gasteiger charge is -2.56. The Balaban J connectivity index is 1.17. The third-order valence-electron chi connectivity index (χ3n) is 14.8. The van der Waals surface area contributed by atoms with E-state index in [0.717, 1.165) is 38.5 Å². The SMILES string of the molecule is CCCCCCCC/C=C\CCCCCCCC(=O)O[C@H]1C2=C3CC[C@H]([C@H](C)/C=C/[C@H](C)C(C)C)[C@@]3(C)CC[C@@H]2[C@@]2(C)CC[C@H](O)C[C@@]23O[C@@H]13. The van der Waals surface area contributed by atoms with Crippen LogP contribution >= 0.6 is 0 Å². The van der Waals surface area contributed by atoms with Gasteiger partial charge in [-0.25, -0.2) is 0 Å². The highest BCUT2D eigenvalue weighted by atomic mass is 16.6. The molecular formula is C46H76O4. The van der Waals surface area contributed by atoms with Crippen molar-refractivity contribution in [1.82, 2.24) is 0 Å². The molecule has 284 valence electrons. The summed E-state index contributed by atoms with van der Waals surface area (Å²) in [7, 11) is 0. The van der Waals surface area contributed by atoms with Crippen molar-refractivity contribution in [2.75, 3.05) is 0 Å². The highest BCUT2D eigenvalue weighted by Crippen LogP contribution is 2.73. The summed E-state index contributed by atoms with van der Waals surface area (Å²) >= 11 is 0. The molecule has 4 nitrogen and oxygen atoms in total. The zero-order chi connectivity index (χ0) is 35.9. The number of hydrogen-bond donors (Lipinski definition) is 1. The van der Waals surface area contributed by atoms with Crippen LogP contribution in [0.5, 0.6) is 0 Å². The molecule has 1 N–H and O–H groups in total. The summed E-state index contributed by atoms with van der Waals surface area (Å²) in [5.41, 5.74) is 2.85. The van der Waals surface area contributed by atoms with E-state index in [4.69, 9.17) is 9.47 Å². The van der Waals surface area contributed by atoms with E-state index in [-0.39, 0.29) is 40.7 Å². The van der Waals surface area contributed by atoms with Gasteiger partial charge in [0.2, 0.25) is 0 Å². The summed E-state index contributed by atoms with van der Waals surface area (Å²) in [6, 6.07) is 0. The van der Waals surface area contributed by atoms with E-state index in [1.807, 2.05) is 0 Å². The Morgan fingerprint density at radius 2 is 1.54 bits per heavy atom. The zero-order valence-electron chi connectivity index (χ0n) is 33.4. The monoisotopic (exact) mass is 693 g/mol. The van der Waals surface area contributed by atoms with E-state index in [9.17, 15) is 9.90 Å².